The Balaban J connectivity index is 0.00000364. The number of nitrogens with zero attached hydrogens (tertiary/aromatic N) is 1. The Morgan fingerprint density at radius 2 is 1.71 bits per heavy atom. The zero-order valence-electron chi connectivity index (χ0n) is 16.3. The van der Waals surface area contributed by atoms with E-state index < -0.39 is 0 Å². The maximum Gasteiger partial charge on any atom is 0.180 e. The first kappa shape index (κ1) is 26.8. The zero-order valence-corrected chi connectivity index (χ0v) is 18.7. The second-order valence-corrected chi connectivity index (χ2v) is 6.64. The van der Waals surface area contributed by atoms with Crippen LogP contribution in [-0.4, -0.2) is 38.7 Å². The molecule has 0 unspecified atom stereocenters. The number of likely N-dealkylation sites (N-methyl/N-ethyl adjacent to an activating group) is 1. The molecule has 0 aliphatic carbocycles. The van der Waals surface area contributed by atoms with Crippen LogP contribution in [0.25, 0.3) is 0 Å². The van der Waals surface area contributed by atoms with Gasteiger partial charge in [-0.05, 0) is 56.4 Å². The zero-order chi connectivity index (χ0) is 18.9. The molecule has 1 N–H and O–H groups in total. The van der Waals surface area contributed by atoms with Gasteiger partial charge in [0.05, 0.1) is 11.6 Å². The van der Waals surface area contributed by atoms with Gasteiger partial charge < -0.3 is 19.7 Å². The van der Waals surface area contributed by atoms with E-state index in [4.69, 9.17) is 21.1 Å². The van der Waals surface area contributed by atoms with Crippen LogP contribution in [0.1, 0.15) is 18.1 Å². The first-order chi connectivity index (χ1) is 12.5. The summed E-state index contributed by atoms with van der Waals surface area (Å²) < 4.78 is 24.6. The molecule has 0 spiro atoms. The molecule has 158 valence electrons. The molecule has 0 amide bonds. The molecule has 8 heteroatoms. The minimum Gasteiger partial charge on any atom is -0.490 e. The van der Waals surface area contributed by atoms with Gasteiger partial charge >= 0.3 is 0 Å². The highest BCUT2D eigenvalue weighted by molar-refractivity contribution is 6.32. The lowest BCUT2D eigenvalue weighted by Crippen LogP contribution is -2.26. The van der Waals surface area contributed by atoms with Gasteiger partial charge in [-0.15, -0.1) is 24.8 Å². The van der Waals surface area contributed by atoms with Crippen LogP contribution >= 0.6 is 36.4 Å². The van der Waals surface area contributed by atoms with E-state index in [0.29, 0.717) is 36.3 Å². The fourth-order valence-corrected chi connectivity index (χ4v) is 2.69. The van der Waals surface area contributed by atoms with Crippen LogP contribution in [0.15, 0.2) is 36.4 Å². The van der Waals surface area contributed by atoms with E-state index in [-0.39, 0.29) is 30.6 Å². The summed E-state index contributed by atoms with van der Waals surface area (Å²) in [6.45, 7) is 5.27. The molecule has 0 radical (unpaired) electrons. The lowest BCUT2D eigenvalue weighted by atomic mass is 10.2. The largest absolute Gasteiger partial charge is 0.490 e. The molecular formula is C20H28Cl3FN2O2. The Labute approximate surface area is 184 Å². The fourth-order valence-electron chi connectivity index (χ4n) is 2.40. The van der Waals surface area contributed by atoms with Crippen LogP contribution in [-0.2, 0) is 13.2 Å². The third-order valence-electron chi connectivity index (χ3n) is 3.73. The molecule has 0 atom stereocenters. The summed E-state index contributed by atoms with van der Waals surface area (Å²) in [6, 6.07) is 10.0. The van der Waals surface area contributed by atoms with E-state index in [1.165, 1.54) is 12.1 Å². The maximum atomic E-state index is 13.0. The highest BCUT2D eigenvalue weighted by atomic mass is 35.5. The molecule has 28 heavy (non-hydrogen) atoms. The molecular weight excluding hydrogens is 426 g/mol. The Morgan fingerprint density at radius 3 is 2.32 bits per heavy atom. The van der Waals surface area contributed by atoms with Crippen molar-refractivity contribution >= 4 is 36.4 Å². The topological polar surface area (TPSA) is 33.7 Å². The highest BCUT2D eigenvalue weighted by Crippen LogP contribution is 2.37. The summed E-state index contributed by atoms with van der Waals surface area (Å²) in [5.74, 6) is 0.856. The summed E-state index contributed by atoms with van der Waals surface area (Å²) in [5, 5.41) is 3.88. The minimum atomic E-state index is -0.270. The summed E-state index contributed by atoms with van der Waals surface area (Å²) in [5.41, 5.74) is 1.89. The Bertz CT molecular complexity index is 701. The monoisotopic (exact) mass is 452 g/mol. The summed E-state index contributed by atoms with van der Waals surface area (Å²) >= 11 is 6.42. The van der Waals surface area contributed by atoms with E-state index in [2.05, 4.69) is 10.2 Å². The summed E-state index contributed by atoms with van der Waals surface area (Å²) in [7, 11) is 4.08. The number of hydrogen-bond donors (Lipinski definition) is 1. The van der Waals surface area contributed by atoms with Crippen molar-refractivity contribution in [3.05, 3.63) is 58.4 Å². The number of halogens is 4. The molecule has 2 aromatic rings. The molecule has 2 aromatic carbocycles. The van der Waals surface area contributed by atoms with Gasteiger partial charge in [0, 0.05) is 19.6 Å². The molecule has 2 rings (SSSR count). The number of hydrogen-bond acceptors (Lipinski definition) is 4. The molecule has 0 fully saturated rings. The van der Waals surface area contributed by atoms with Crippen molar-refractivity contribution in [1.82, 2.24) is 10.2 Å². The molecule has 0 saturated heterocycles. The van der Waals surface area contributed by atoms with Crippen LogP contribution in [0.2, 0.25) is 5.02 Å². The smallest absolute Gasteiger partial charge is 0.180 e. The summed E-state index contributed by atoms with van der Waals surface area (Å²) in [4.78, 5) is 2.12. The van der Waals surface area contributed by atoms with Gasteiger partial charge in [-0.2, -0.15) is 0 Å². The number of benzene rings is 2. The second kappa shape index (κ2) is 13.9. The Morgan fingerprint density at radius 1 is 1.04 bits per heavy atom. The molecule has 0 aliphatic rings. The van der Waals surface area contributed by atoms with Gasteiger partial charge in [-0.25, -0.2) is 4.39 Å². The van der Waals surface area contributed by atoms with Crippen molar-refractivity contribution in [3.63, 3.8) is 0 Å². The average Bonchev–Trinajstić information content (AvgIpc) is 2.59. The number of nitrogens with one attached hydrogen (secondary N) is 1. The lowest BCUT2D eigenvalue weighted by Gasteiger charge is -2.16. The molecule has 4 nitrogen and oxygen atoms in total. The van der Waals surface area contributed by atoms with Crippen LogP contribution in [0, 0.1) is 5.82 Å². The van der Waals surface area contributed by atoms with Gasteiger partial charge in [-0.1, -0.05) is 23.7 Å². The minimum absolute atomic E-state index is 0. The highest BCUT2D eigenvalue weighted by Gasteiger charge is 2.13. The Hall–Kier alpha value is -1.24. The fraction of sp³-hybridized carbons (Fsp3) is 0.400. The third kappa shape index (κ3) is 8.84. The summed E-state index contributed by atoms with van der Waals surface area (Å²) in [6.07, 6.45) is 0. The van der Waals surface area contributed by atoms with Gasteiger partial charge in [0.2, 0.25) is 0 Å². The first-order valence-electron chi connectivity index (χ1n) is 8.67. The predicted octanol–water partition coefficient (Wildman–Crippen LogP) is 4.95. The van der Waals surface area contributed by atoms with Crippen LogP contribution in [0.4, 0.5) is 4.39 Å². The van der Waals surface area contributed by atoms with Crippen molar-refractivity contribution in [2.45, 2.75) is 20.1 Å². The SMILES string of the molecule is CCOc1cc(CNCCN(C)C)cc(Cl)c1OCc1ccc(F)cc1.Cl.Cl. The van der Waals surface area contributed by atoms with Crippen molar-refractivity contribution in [2.24, 2.45) is 0 Å². The van der Waals surface area contributed by atoms with E-state index in [1.54, 1.807) is 12.1 Å². The first-order valence-corrected chi connectivity index (χ1v) is 9.05. The van der Waals surface area contributed by atoms with Gasteiger partial charge in [0.25, 0.3) is 0 Å². The van der Waals surface area contributed by atoms with E-state index >= 15 is 0 Å². The van der Waals surface area contributed by atoms with Crippen molar-refractivity contribution < 1.29 is 13.9 Å². The van der Waals surface area contributed by atoms with E-state index in [0.717, 1.165) is 24.2 Å². The van der Waals surface area contributed by atoms with Crippen LogP contribution in [0.5, 0.6) is 11.5 Å². The number of ether oxygens (including phenoxy) is 2. The van der Waals surface area contributed by atoms with Gasteiger partial charge in [-0.3, -0.25) is 0 Å². The normalized spacial score (nSPS) is 10.2. The standard InChI is InChI=1S/C20H26ClFN2O2.2ClH/c1-4-25-19-12-16(13-23-9-10-24(2)3)11-18(21)20(19)26-14-15-5-7-17(22)8-6-15;;/h5-8,11-12,23H,4,9-10,13-14H2,1-3H3;2*1H. The van der Waals surface area contributed by atoms with Crippen molar-refractivity contribution in [3.8, 4) is 11.5 Å². The van der Waals surface area contributed by atoms with Gasteiger partial charge in [0.15, 0.2) is 11.5 Å². The quantitative estimate of drug-likeness (QED) is 0.516. The lowest BCUT2D eigenvalue weighted by molar-refractivity contribution is 0.269. The molecule has 0 bridgehead atoms. The van der Waals surface area contributed by atoms with E-state index in [1.807, 2.05) is 33.2 Å². The van der Waals surface area contributed by atoms with E-state index in [9.17, 15) is 4.39 Å². The average molecular weight is 454 g/mol. The second-order valence-electron chi connectivity index (χ2n) is 6.23. The third-order valence-corrected chi connectivity index (χ3v) is 4.01. The Kier molecular flexibility index (Phi) is 13.2. The molecule has 0 aliphatic heterocycles. The number of rotatable bonds is 10. The molecule has 0 saturated carbocycles. The van der Waals surface area contributed by atoms with Gasteiger partial charge in [0.1, 0.15) is 12.4 Å². The van der Waals surface area contributed by atoms with Crippen LogP contribution < -0.4 is 14.8 Å². The van der Waals surface area contributed by atoms with Crippen molar-refractivity contribution in [2.75, 3.05) is 33.8 Å². The van der Waals surface area contributed by atoms with Crippen LogP contribution in [0.3, 0.4) is 0 Å². The van der Waals surface area contributed by atoms with Crippen molar-refractivity contribution in [1.29, 1.82) is 0 Å². The molecule has 0 aromatic heterocycles. The predicted molar refractivity (Wildman–Crippen MR) is 118 cm³/mol. The molecule has 0 heterocycles. The maximum absolute atomic E-state index is 13.0.